The molecule has 2 aromatic heterocycles. The number of halogens is 1. The Bertz CT molecular complexity index is 535. The van der Waals surface area contributed by atoms with E-state index in [9.17, 15) is 0 Å². The lowest BCUT2D eigenvalue weighted by atomic mass is 10.2. The Balaban J connectivity index is 2.31. The Morgan fingerprint density at radius 1 is 1.32 bits per heavy atom. The molecule has 2 aromatic rings. The van der Waals surface area contributed by atoms with Crippen LogP contribution < -0.4 is 5.73 Å². The van der Waals surface area contributed by atoms with Crippen LogP contribution in [-0.2, 0) is 13.0 Å². The quantitative estimate of drug-likeness (QED) is 0.793. The number of nitrogens with two attached hydrogens (primary N) is 1. The molecule has 5 heteroatoms. The van der Waals surface area contributed by atoms with Gasteiger partial charge in [0.15, 0.2) is 5.65 Å². The van der Waals surface area contributed by atoms with Gasteiger partial charge in [0.1, 0.15) is 11.3 Å². The monoisotopic (exact) mass is 280 g/mol. The second kappa shape index (κ2) is 6.87. The first kappa shape index (κ1) is 14.3. The summed E-state index contributed by atoms with van der Waals surface area (Å²) in [6.07, 6.45) is 7.09. The van der Waals surface area contributed by atoms with Crippen molar-refractivity contribution < 1.29 is 0 Å². The predicted molar refractivity (Wildman–Crippen MR) is 79.4 cm³/mol. The molecule has 104 valence electrons. The second-order valence-corrected chi connectivity index (χ2v) is 5.21. The number of fused-ring (bicyclic) bond motifs is 1. The minimum Gasteiger partial charge on any atom is -0.330 e. The van der Waals surface area contributed by atoms with Gasteiger partial charge < -0.3 is 10.3 Å². The van der Waals surface area contributed by atoms with E-state index in [4.69, 9.17) is 17.3 Å². The van der Waals surface area contributed by atoms with Gasteiger partial charge in [-0.25, -0.2) is 9.97 Å². The lowest BCUT2D eigenvalue weighted by Crippen LogP contribution is -2.07. The Kier molecular flexibility index (Phi) is 5.16. The first-order valence-electron chi connectivity index (χ1n) is 6.97. The van der Waals surface area contributed by atoms with E-state index < -0.39 is 0 Å². The van der Waals surface area contributed by atoms with Crippen molar-refractivity contribution >= 4 is 22.8 Å². The Hall–Kier alpha value is -1.13. The first-order chi connectivity index (χ1) is 9.26. The van der Waals surface area contributed by atoms with Crippen molar-refractivity contribution in [3.8, 4) is 0 Å². The topological polar surface area (TPSA) is 56.7 Å². The first-order valence-corrected chi connectivity index (χ1v) is 7.34. The van der Waals surface area contributed by atoms with Gasteiger partial charge in [-0.1, -0.05) is 24.9 Å². The highest BCUT2D eigenvalue weighted by Crippen LogP contribution is 2.19. The minimum absolute atomic E-state index is 0.640. The minimum atomic E-state index is 0.640. The van der Waals surface area contributed by atoms with E-state index >= 15 is 0 Å². The molecule has 0 aliphatic heterocycles. The zero-order valence-electron chi connectivity index (χ0n) is 11.4. The molecule has 0 aliphatic rings. The second-order valence-electron chi connectivity index (χ2n) is 4.78. The van der Waals surface area contributed by atoms with Gasteiger partial charge in [-0.15, -0.1) is 0 Å². The van der Waals surface area contributed by atoms with Crippen molar-refractivity contribution in [2.45, 2.75) is 45.6 Å². The van der Waals surface area contributed by atoms with Crippen LogP contribution in [0.4, 0.5) is 0 Å². The maximum Gasteiger partial charge on any atom is 0.160 e. The van der Waals surface area contributed by atoms with Crippen molar-refractivity contribution in [2.75, 3.05) is 6.54 Å². The maximum atomic E-state index is 5.98. The zero-order valence-corrected chi connectivity index (χ0v) is 12.2. The van der Waals surface area contributed by atoms with Gasteiger partial charge in [-0.3, -0.25) is 0 Å². The largest absolute Gasteiger partial charge is 0.330 e. The molecule has 0 radical (unpaired) electrons. The van der Waals surface area contributed by atoms with Crippen LogP contribution in [0.15, 0.2) is 12.3 Å². The Morgan fingerprint density at radius 2 is 2.16 bits per heavy atom. The summed E-state index contributed by atoms with van der Waals surface area (Å²) in [5, 5.41) is 0.640. The van der Waals surface area contributed by atoms with Gasteiger partial charge in [-0.05, 0) is 31.9 Å². The SMILES string of the molecule is CCCCc1nc2cc(Cl)cnc2n1CCCCN. The molecule has 2 rings (SSSR count). The number of hydrogen-bond donors (Lipinski definition) is 1. The van der Waals surface area contributed by atoms with Crippen LogP contribution in [0, 0.1) is 0 Å². The third kappa shape index (κ3) is 3.45. The Labute approximate surface area is 119 Å². The third-order valence-corrected chi connectivity index (χ3v) is 3.43. The van der Waals surface area contributed by atoms with Gasteiger partial charge in [0.25, 0.3) is 0 Å². The van der Waals surface area contributed by atoms with Gasteiger partial charge in [-0.2, -0.15) is 0 Å². The molecule has 2 N–H and O–H groups in total. The molecule has 0 saturated carbocycles. The number of pyridine rings is 1. The molecule has 0 spiro atoms. The summed E-state index contributed by atoms with van der Waals surface area (Å²) in [6, 6.07) is 1.89. The molecule has 0 unspecified atom stereocenters. The molecule has 4 nitrogen and oxygen atoms in total. The molecule has 19 heavy (non-hydrogen) atoms. The smallest absolute Gasteiger partial charge is 0.160 e. The van der Waals surface area contributed by atoms with E-state index in [1.807, 2.05) is 6.07 Å². The van der Waals surface area contributed by atoms with Crippen LogP contribution in [0.5, 0.6) is 0 Å². The number of nitrogens with zero attached hydrogens (tertiary/aromatic N) is 3. The molecule has 0 aromatic carbocycles. The number of aromatic nitrogens is 3. The lowest BCUT2D eigenvalue weighted by molar-refractivity contribution is 0.589. The summed E-state index contributed by atoms with van der Waals surface area (Å²) in [6.45, 7) is 3.86. The van der Waals surface area contributed by atoms with Crippen LogP contribution in [-0.4, -0.2) is 21.1 Å². The normalized spacial score (nSPS) is 11.3. The molecular weight excluding hydrogens is 260 g/mol. The highest BCUT2D eigenvalue weighted by molar-refractivity contribution is 6.31. The third-order valence-electron chi connectivity index (χ3n) is 3.22. The fraction of sp³-hybridized carbons (Fsp3) is 0.571. The molecule has 0 bridgehead atoms. The summed E-state index contributed by atoms with van der Waals surface area (Å²) in [4.78, 5) is 9.10. The van der Waals surface area contributed by atoms with Gasteiger partial charge >= 0.3 is 0 Å². The van der Waals surface area contributed by atoms with Crippen molar-refractivity contribution in [1.82, 2.24) is 14.5 Å². The Morgan fingerprint density at radius 3 is 2.89 bits per heavy atom. The average Bonchev–Trinajstić information content (AvgIpc) is 2.74. The fourth-order valence-electron chi connectivity index (χ4n) is 2.21. The molecule has 0 fully saturated rings. The lowest BCUT2D eigenvalue weighted by Gasteiger charge is -2.07. The number of aryl methyl sites for hydroxylation is 2. The van der Waals surface area contributed by atoms with Crippen LogP contribution in [0.25, 0.3) is 11.2 Å². The standard InChI is InChI=1S/C14H21ClN4/c1-2-3-6-13-18-12-9-11(15)10-17-14(12)19(13)8-5-4-7-16/h9-10H,2-8,16H2,1H3. The highest BCUT2D eigenvalue weighted by atomic mass is 35.5. The van der Waals surface area contributed by atoms with Crippen LogP contribution in [0.3, 0.4) is 0 Å². The van der Waals surface area contributed by atoms with Gasteiger partial charge in [0.05, 0.1) is 5.02 Å². The van der Waals surface area contributed by atoms with Crippen LogP contribution >= 0.6 is 11.6 Å². The molecule has 0 aliphatic carbocycles. The molecule has 0 amide bonds. The van der Waals surface area contributed by atoms with E-state index in [-0.39, 0.29) is 0 Å². The predicted octanol–water partition coefficient (Wildman–Crippen LogP) is 3.17. The van der Waals surface area contributed by atoms with E-state index in [1.165, 1.54) is 6.42 Å². The van der Waals surface area contributed by atoms with Crippen LogP contribution in [0.1, 0.15) is 38.4 Å². The van der Waals surface area contributed by atoms with Crippen LogP contribution in [0.2, 0.25) is 5.02 Å². The number of unbranched alkanes of at least 4 members (excludes halogenated alkanes) is 2. The van der Waals surface area contributed by atoms with E-state index in [2.05, 4.69) is 21.5 Å². The van der Waals surface area contributed by atoms with E-state index in [0.29, 0.717) is 5.02 Å². The van der Waals surface area contributed by atoms with E-state index in [1.54, 1.807) is 6.20 Å². The molecule has 2 heterocycles. The van der Waals surface area contributed by atoms with Gasteiger partial charge in [0, 0.05) is 19.2 Å². The molecule has 0 atom stereocenters. The summed E-state index contributed by atoms with van der Waals surface area (Å²) >= 11 is 5.98. The zero-order chi connectivity index (χ0) is 13.7. The summed E-state index contributed by atoms with van der Waals surface area (Å²) in [5.74, 6) is 1.11. The maximum absolute atomic E-state index is 5.98. The molecular formula is C14H21ClN4. The number of rotatable bonds is 7. The summed E-state index contributed by atoms with van der Waals surface area (Å²) in [5.41, 5.74) is 7.39. The highest BCUT2D eigenvalue weighted by Gasteiger charge is 2.11. The summed E-state index contributed by atoms with van der Waals surface area (Å²) in [7, 11) is 0. The van der Waals surface area contributed by atoms with Gasteiger partial charge in [0.2, 0.25) is 0 Å². The number of hydrogen-bond acceptors (Lipinski definition) is 3. The number of imidazole rings is 1. The fourth-order valence-corrected chi connectivity index (χ4v) is 2.36. The van der Waals surface area contributed by atoms with Crippen molar-refractivity contribution in [3.05, 3.63) is 23.1 Å². The van der Waals surface area contributed by atoms with Crippen molar-refractivity contribution in [3.63, 3.8) is 0 Å². The summed E-state index contributed by atoms with van der Waals surface area (Å²) < 4.78 is 2.22. The van der Waals surface area contributed by atoms with Crippen molar-refractivity contribution in [1.29, 1.82) is 0 Å². The van der Waals surface area contributed by atoms with E-state index in [0.717, 1.165) is 55.8 Å². The van der Waals surface area contributed by atoms with Crippen molar-refractivity contribution in [2.24, 2.45) is 5.73 Å². The molecule has 0 saturated heterocycles. The average molecular weight is 281 g/mol.